The van der Waals surface area contributed by atoms with Gasteiger partial charge in [0.25, 0.3) is 0 Å². The minimum Gasteiger partial charge on any atom is -0.486 e. The number of benzene rings is 2. The van der Waals surface area contributed by atoms with Gasteiger partial charge in [0, 0.05) is 16.2 Å². The standard InChI is InChI=1S/C15H14F2N2OS/c16-10-5-3-4-9(14(10)17)15(19-18)12-8-21-13-7-2-1-6-11(13)20-12/h1-7,12,15,19H,8,18H2. The zero-order chi connectivity index (χ0) is 14.8. The van der Waals surface area contributed by atoms with Crippen LogP contribution in [-0.2, 0) is 0 Å². The lowest BCUT2D eigenvalue weighted by atomic mass is 10.0. The molecule has 0 radical (unpaired) electrons. The number of halogens is 2. The fourth-order valence-electron chi connectivity index (χ4n) is 2.36. The summed E-state index contributed by atoms with van der Waals surface area (Å²) in [5, 5.41) is 0. The van der Waals surface area contributed by atoms with E-state index in [1.165, 1.54) is 12.1 Å². The summed E-state index contributed by atoms with van der Waals surface area (Å²) in [5.74, 6) is 5.09. The number of thioether (sulfide) groups is 1. The largest absolute Gasteiger partial charge is 0.486 e. The van der Waals surface area contributed by atoms with Crippen molar-refractivity contribution >= 4 is 11.8 Å². The first kappa shape index (κ1) is 14.3. The predicted octanol–water partition coefficient (Wildman–Crippen LogP) is 3.02. The van der Waals surface area contributed by atoms with Gasteiger partial charge in [-0.05, 0) is 18.2 Å². The third kappa shape index (κ3) is 2.74. The van der Waals surface area contributed by atoms with E-state index in [0.29, 0.717) is 5.75 Å². The van der Waals surface area contributed by atoms with Crippen LogP contribution in [0.2, 0.25) is 0 Å². The van der Waals surface area contributed by atoms with Gasteiger partial charge in [-0.15, -0.1) is 11.8 Å². The lowest BCUT2D eigenvalue weighted by Crippen LogP contribution is -2.42. The SMILES string of the molecule is NNC(c1cccc(F)c1F)C1CSc2ccccc2O1. The summed E-state index contributed by atoms with van der Waals surface area (Å²) in [5.41, 5.74) is 2.71. The molecule has 0 spiro atoms. The first-order chi connectivity index (χ1) is 10.2. The number of nitrogens with two attached hydrogens (primary N) is 1. The van der Waals surface area contributed by atoms with Crippen LogP contribution in [0.1, 0.15) is 11.6 Å². The maximum Gasteiger partial charge on any atom is 0.163 e. The number of rotatable bonds is 3. The summed E-state index contributed by atoms with van der Waals surface area (Å²) in [7, 11) is 0. The van der Waals surface area contributed by atoms with Gasteiger partial charge in [-0.2, -0.15) is 0 Å². The van der Waals surface area contributed by atoms with E-state index in [1.54, 1.807) is 11.8 Å². The summed E-state index contributed by atoms with van der Waals surface area (Å²) >= 11 is 1.61. The van der Waals surface area contributed by atoms with E-state index in [2.05, 4.69) is 5.43 Å². The normalized spacial score (nSPS) is 18.7. The minimum absolute atomic E-state index is 0.169. The van der Waals surface area contributed by atoms with E-state index in [-0.39, 0.29) is 11.7 Å². The fourth-order valence-corrected chi connectivity index (χ4v) is 3.40. The number of ether oxygens (including phenoxy) is 1. The molecular formula is C15H14F2N2OS. The molecule has 0 fully saturated rings. The highest BCUT2D eigenvalue weighted by molar-refractivity contribution is 7.99. The second-order valence-corrected chi connectivity index (χ2v) is 5.76. The second-order valence-electron chi connectivity index (χ2n) is 4.70. The van der Waals surface area contributed by atoms with Crippen LogP contribution in [0.25, 0.3) is 0 Å². The van der Waals surface area contributed by atoms with Crippen molar-refractivity contribution in [1.29, 1.82) is 0 Å². The quantitative estimate of drug-likeness (QED) is 0.676. The highest BCUT2D eigenvalue weighted by atomic mass is 32.2. The van der Waals surface area contributed by atoms with E-state index < -0.39 is 17.7 Å². The highest BCUT2D eigenvalue weighted by Gasteiger charge is 2.31. The maximum atomic E-state index is 14.0. The van der Waals surface area contributed by atoms with E-state index >= 15 is 0 Å². The van der Waals surface area contributed by atoms with E-state index in [1.807, 2.05) is 24.3 Å². The Bertz CT molecular complexity index is 653. The van der Waals surface area contributed by atoms with Crippen LogP contribution in [-0.4, -0.2) is 11.9 Å². The smallest absolute Gasteiger partial charge is 0.163 e. The Morgan fingerprint density at radius 3 is 2.81 bits per heavy atom. The fraction of sp³-hybridized carbons (Fsp3) is 0.200. The second kappa shape index (κ2) is 6.01. The van der Waals surface area contributed by atoms with Gasteiger partial charge in [0.05, 0.1) is 6.04 Å². The van der Waals surface area contributed by atoms with Crippen LogP contribution >= 0.6 is 11.8 Å². The van der Waals surface area contributed by atoms with Crippen LogP contribution in [0.5, 0.6) is 5.75 Å². The molecule has 1 aliphatic rings. The molecule has 0 aromatic heterocycles. The first-order valence-electron chi connectivity index (χ1n) is 6.49. The maximum absolute atomic E-state index is 14.0. The molecule has 1 heterocycles. The molecule has 21 heavy (non-hydrogen) atoms. The molecule has 0 saturated heterocycles. The third-order valence-corrected chi connectivity index (χ3v) is 4.54. The predicted molar refractivity (Wildman–Crippen MR) is 78.0 cm³/mol. The van der Waals surface area contributed by atoms with E-state index in [9.17, 15) is 8.78 Å². The average Bonchev–Trinajstić information content (AvgIpc) is 2.52. The van der Waals surface area contributed by atoms with Crippen LogP contribution in [0.4, 0.5) is 8.78 Å². The zero-order valence-electron chi connectivity index (χ0n) is 11.1. The van der Waals surface area contributed by atoms with Crippen LogP contribution in [0.15, 0.2) is 47.4 Å². The molecule has 0 bridgehead atoms. The van der Waals surface area contributed by atoms with Crippen LogP contribution in [0, 0.1) is 11.6 Å². The molecule has 2 unspecified atom stereocenters. The number of hydrogen-bond acceptors (Lipinski definition) is 4. The minimum atomic E-state index is -0.895. The number of hydrazine groups is 1. The molecule has 110 valence electrons. The Labute approximate surface area is 125 Å². The Balaban J connectivity index is 1.90. The van der Waals surface area contributed by atoms with Crippen molar-refractivity contribution in [1.82, 2.24) is 5.43 Å². The summed E-state index contributed by atoms with van der Waals surface area (Å²) in [6.07, 6.45) is -0.383. The highest BCUT2D eigenvalue weighted by Crippen LogP contribution is 2.38. The molecule has 3 rings (SSSR count). The Hall–Kier alpha value is -1.63. The van der Waals surface area contributed by atoms with Crippen LogP contribution < -0.4 is 16.0 Å². The van der Waals surface area contributed by atoms with E-state index in [0.717, 1.165) is 16.7 Å². The van der Waals surface area contributed by atoms with Crippen LogP contribution in [0.3, 0.4) is 0 Å². The molecule has 6 heteroatoms. The van der Waals surface area contributed by atoms with Crippen molar-refractivity contribution in [2.24, 2.45) is 5.84 Å². The lowest BCUT2D eigenvalue weighted by Gasteiger charge is -2.31. The van der Waals surface area contributed by atoms with Gasteiger partial charge in [0.15, 0.2) is 11.6 Å². The summed E-state index contributed by atoms with van der Waals surface area (Å²) < 4.78 is 33.2. The van der Waals surface area contributed by atoms with Crippen molar-refractivity contribution < 1.29 is 13.5 Å². The van der Waals surface area contributed by atoms with Crippen molar-refractivity contribution in [3.63, 3.8) is 0 Å². The van der Waals surface area contributed by atoms with Crippen molar-refractivity contribution in [2.75, 3.05) is 5.75 Å². The third-order valence-electron chi connectivity index (χ3n) is 3.40. The van der Waals surface area contributed by atoms with Gasteiger partial charge in [0.2, 0.25) is 0 Å². The number of nitrogens with one attached hydrogen (secondary N) is 1. The van der Waals surface area contributed by atoms with E-state index in [4.69, 9.17) is 10.6 Å². The number of fused-ring (bicyclic) bond motifs is 1. The lowest BCUT2D eigenvalue weighted by molar-refractivity contribution is 0.164. The molecule has 0 saturated carbocycles. The summed E-state index contributed by atoms with van der Waals surface area (Å²) in [6, 6.07) is 11.0. The van der Waals surface area contributed by atoms with Crippen molar-refractivity contribution in [2.45, 2.75) is 17.0 Å². The first-order valence-corrected chi connectivity index (χ1v) is 7.48. The topological polar surface area (TPSA) is 47.3 Å². The monoisotopic (exact) mass is 308 g/mol. The molecule has 0 aliphatic carbocycles. The van der Waals surface area contributed by atoms with Gasteiger partial charge < -0.3 is 4.74 Å². The van der Waals surface area contributed by atoms with Gasteiger partial charge in [-0.3, -0.25) is 5.84 Å². The Morgan fingerprint density at radius 2 is 2.00 bits per heavy atom. The van der Waals surface area contributed by atoms with Gasteiger partial charge in [0.1, 0.15) is 11.9 Å². The Morgan fingerprint density at radius 1 is 1.19 bits per heavy atom. The van der Waals surface area contributed by atoms with Crippen molar-refractivity contribution in [3.05, 3.63) is 59.7 Å². The van der Waals surface area contributed by atoms with Gasteiger partial charge in [-0.1, -0.05) is 24.3 Å². The molecule has 2 aromatic rings. The summed E-state index contributed by atoms with van der Waals surface area (Å²) in [4.78, 5) is 1.03. The number of hydrogen-bond donors (Lipinski definition) is 2. The van der Waals surface area contributed by atoms with Crippen molar-refractivity contribution in [3.8, 4) is 5.75 Å². The van der Waals surface area contributed by atoms with Gasteiger partial charge in [-0.25, -0.2) is 14.2 Å². The zero-order valence-corrected chi connectivity index (χ0v) is 11.9. The molecule has 0 amide bonds. The molecular weight excluding hydrogens is 294 g/mol. The number of para-hydroxylation sites is 1. The van der Waals surface area contributed by atoms with Gasteiger partial charge >= 0.3 is 0 Å². The molecule has 1 aliphatic heterocycles. The molecule has 2 atom stereocenters. The molecule has 3 nitrogen and oxygen atoms in total. The summed E-state index contributed by atoms with van der Waals surface area (Å²) in [6.45, 7) is 0. The molecule has 3 N–H and O–H groups in total. The Kier molecular flexibility index (Phi) is 4.10. The average molecular weight is 308 g/mol. The molecule has 2 aromatic carbocycles.